The fraction of sp³-hybridized carbons (Fsp3) is 0.379. The van der Waals surface area contributed by atoms with Crippen LogP contribution in [0.25, 0.3) is 11.3 Å². The summed E-state index contributed by atoms with van der Waals surface area (Å²) in [5.41, 5.74) is 13.2. The van der Waals surface area contributed by atoms with Gasteiger partial charge in [-0.15, -0.1) is 0 Å². The summed E-state index contributed by atoms with van der Waals surface area (Å²) in [7, 11) is 0. The predicted molar refractivity (Wildman–Crippen MR) is 139 cm³/mol. The molecule has 2 aromatic carbocycles. The normalized spacial score (nSPS) is 12.3. The van der Waals surface area contributed by atoms with Crippen LogP contribution in [0.2, 0.25) is 0 Å². The van der Waals surface area contributed by atoms with Crippen LogP contribution in [0.1, 0.15) is 55.6 Å². The van der Waals surface area contributed by atoms with Crippen molar-refractivity contribution in [1.29, 1.82) is 0 Å². The fourth-order valence-corrected chi connectivity index (χ4v) is 3.87. The van der Waals surface area contributed by atoms with Crippen molar-refractivity contribution in [2.75, 3.05) is 6.54 Å². The number of carbonyl (C=O) groups excluding carboxylic acids is 1. The Labute approximate surface area is 203 Å². The first-order valence-corrected chi connectivity index (χ1v) is 11.9. The summed E-state index contributed by atoms with van der Waals surface area (Å²) in [5, 5.41) is 2.89. The third kappa shape index (κ3) is 6.45. The number of nitrogens with one attached hydrogen (secondary N) is 1. The Balaban J connectivity index is 1.94. The molecule has 34 heavy (non-hydrogen) atoms. The third-order valence-electron chi connectivity index (χ3n) is 5.98. The van der Waals surface area contributed by atoms with Gasteiger partial charge in [-0.1, -0.05) is 69.3 Å². The van der Waals surface area contributed by atoms with Crippen molar-refractivity contribution in [2.24, 2.45) is 5.73 Å². The van der Waals surface area contributed by atoms with Crippen LogP contribution in [-0.4, -0.2) is 23.5 Å². The SMILES string of the molecule is Cc1cc(C(C)(C)C)ccc1-c1cc(OCc2ccccc2)c(CCNC(=O)C(C)N)c(C)n1. The molecule has 5 heteroatoms. The number of pyridine rings is 1. The Morgan fingerprint density at radius 3 is 2.41 bits per heavy atom. The molecule has 1 heterocycles. The second-order valence-corrected chi connectivity index (χ2v) is 9.95. The maximum Gasteiger partial charge on any atom is 0.236 e. The zero-order chi connectivity index (χ0) is 24.9. The lowest BCUT2D eigenvalue weighted by atomic mass is 9.85. The molecule has 3 aromatic rings. The molecule has 1 amide bonds. The first-order chi connectivity index (χ1) is 16.1. The van der Waals surface area contributed by atoms with Crippen molar-refractivity contribution in [3.05, 3.63) is 82.5 Å². The molecule has 3 rings (SSSR count). The quantitative estimate of drug-likeness (QED) is 0.482. The Bertz CT molecular complexity index is 1130. The van der Waals surface area contributed by atoms with E-state index in [4.69, 9.17) is 15.5 Å². The standard InChI is InChI=1S/C29H37N3O2/c1-19-16-23(29(4,5)6)12-13-24(19)26-17-27(34-18-22-10-8-7-9-11-22)25(21(3)32-26)14-15-31-28(33)20(2)30/h7-13,16-17,20H,14-15,18,30H2,1-6H3,(H,31,33). The molecule has 0 saturated carbocycles. The molecule has 0 aliphatic heterocycles. The van der Waals surface area contributed by atoms with Crippen LogP contribution >= 0.6 is 0 Å². The largest absolute Gasteiger partial charge is 0.488 e. The van der Waals surface area contributed by atoms with Gasteiger partial charge in [0.1, 0.15) is 12.4 Å². The number of nitrogens with two attached hydrogens (primary N) is 1. The van der Waals surface area contributed by atoms with Gasteiger partial charge in [0.05, 0.1) is 11.7 Å². The van der Waals surface area contributed by atoms with Crippen molar-refractivity contribution in [1.82, 2.24) is 10.3 Å². The van der Waals surface area contributed by atoms with Gasteiger partial charge in [0.15, 0.2) is 0 Å². The van der Waals surface area contributed by atoms with Crippen LogP contribution in [0.4, 0.5) is 0 Å². The number of rotatable bonds is 8. The fourth-order valence-electron chi connectivity index (χ4n) is 3.87. The first-order valence-electron chi connectivity index (χ1n) is 11.9. The van der Waals surface area contributed by atoms with E-state index in [1.165, 1.54) is 11.1 Å². The van der Waals surface area contributed by atoms with Gasteiger partial charge < -0.3 is 15.8 Å². The number of carbonyl (C=O) groups is 1. The highest BCUT2D eigenvalue weighted by atomic mass is 16.5. The van der Waals surface area contributed by atoms with Crippen molar-refractivity contribution in [2.45, 2.75) is 66.0 Å². The molecule has 0 fully saturated rings. The topological polar surface area (TPSA) is 77.2 Å². The summed E-state index contributed by atoms with van der Waals surface area (Å²) < 4.78 is 6.31. The van der Waals surface area contributed by atoms with E-state index >= 15 is 0 Å². The molecular weight excluding hydrogens is 422 g/mol. The number of nitrogens with zero attached hydrogens (tertiary/aromatic N) is 1. The van der Waals surface area contributed by atoms with Crippen LogP contribution in [-0.2, 0) is 23.2 Å². The maximum absolute atomic E-state index is 11.9. The molecule has 0 spiro atoms. The number of benzene rings is 2. The van der Waals surface area contributed by atoms with Gasteiger partial charge in [-0.05, 0) is 49.3 Å². The van der Waals surface area contributed by atoms with Crippen molar-refractivity contribution in [3.8, 4) is 17.0 Å². The lowest BCUT2D eigenvalue weighted by Gasteiger charge is -2.21. The number of aromatic nitrogens is 1. The van der Waals surface area contributed by atoms with E-state index in [9.17, 15) is 4.79 Å². The molecule has 1 aromatic heterocycles. The Hall–Kier alpha value is -3.18. The van der Waals surface area contributed by atoms with E-state index in [0.717, 1.165) is 33.8 Å². The molecule has 3 N–H and O–H groups in total. The van der Waals surface area contributed by atoms with Gasteiger partial charge in [-0.3, -0.25) is 9.78 Å². The highest BCUT2D eigenvalue weighted by Crippen LogP contribution is 2.33. The van der Waals surface area contributed by atoms with E-state index < -0.39 is 6.04 Å². The van der Waals surface area contributed by atoms with Crippen molar-refractivity contribution < 1.29 is 9.53 Å². The van der Waals surface area contributed by atoms with Gasteiger partial charge in [0, 0.05) is 29.4 Å². The number of aryl methyl sites for hydroxylation is 2. The molecule has 0 aliphatic rings. The Kier molecular flexibility index (Phi) is 8.11. The molecule has 0 radical (unpaired) electrons. The van der Waals surface area contributed by atoms with E-state index in [1.807, 2.05) is 43.3 Å². The van der Waals surface area contributed by atoms with Crippen molar-refractivity contribution in [3.63, 3.8) is 0 Å². The molecule has 1 unspecified atom stereocenters. The van der Waals surface area contributed by atoms with Crippen LogP contribution in [0, 0.1) is 13.8 Å². The van der Waals surface area contributed by atoms with Gasteiger partial charge in [0.2, 0.25) is 5.91 Å². The first kappa shape index (κ1) is 25.4. The average Bonchev–Trinajstić information content (AvgIpc) is 2.78. The minimum absolute atomic E-state index is 0.0892. The smallest absolute Gasteiger partial charge is 0.236 e. The van der Waals surface area contributed by atoms with Gasteiger partial charge >= 0.3 is 0 Å². The van der Waals surface area contributed by atoms with Crippen molar-refractivity contribution >= 4 is 5.91 Å². The van der Waals surface area contributed by atoms with Gasteiger partial charge in [0.25, 0.3) is 0 Å². The number of hydrogen-bond acceptors (Lipinski definition) is 4. The molecule has 180 valence electrons. The van der Waals surface area contributed by atoms with Gasteiger partial charge in [-0.25, -0.2) is 0 Å². The Morgan fingerprint density at radius 1 is 1.09 bits per heavy atom. The monoisotopic (exact) mass is 459 g/mol. The minimum atomic E-state index is -0.533. The molecule has 0 aliphatic carbocycles. The molecular formula is C29H37N3O2. The van der Waals surface area contributed by atoms with E-state index in [2.05, 4.69) is 51.2 Å². The zero-order valence-corrected chi connectivity index (χ0v) is 21.2. The van der Waals surface area contributed by atoms with E-state index in [0.29, 0.717) is 19.6 Å². The van der Waals surface area contributed by atoms with Crippen LogP contribution in [0.5, 0.6) is 5.75 Å². The highest BCUT2D eigenvalue weighted by Gasteiger charge is 2.18. The highest BCUT2D eigenvalue weighted by molar-refractivity contribution is 5.80. The van der Waals surface area contributed by atoms with E-state index in [-0.39, 0.29) is 11.3 Å². The molecule has 1 atom stereocenters. The van der Waals surface area contributed by atoms with E-state index in [1.54, 1.807) is 6.92 Å². The summed E-state index contributed by atoms with van der Waals surface area (Å²) in [5.74, 6) is 0.629. The predicted octanol–water partition coefficient (Wildman–Crippen LogP) is 5.25. The van der Waals surface area contributed by atoms with Crippen LogP contribution < -0.4 is 15.8 Å². The summed E-state index contributed by atoms with van der Waals surface area (Å²) in [4.78, 5) is 16.8. The lowest BCUT2D eigenvalue weighted by molar-refractivity contribution is -0.121. The summed E-state index contributed by atoms with van der Waals surface area (Å²) in [6.45, 7) is 13.4. The number of amides is 1. The minimum Gasteiger partial charge on any atom is -0.488 e. The average molecular weight is 460 g/mol. The second-order valence-electron chi connectivity index (χ2n) is 9.95. The van der Waals surface area contributed by atoms with Crippen LogP contribution in [0.3, 0.4) is 0 Å². The summed E-state index contributed by atoms with van der Waals surface area (Å²) >= 11 is 0. The zero-order valence-electron chi connectivity index (χ0n) is 21.2. The van der Waals surface area contributed by atoms with Crippen LogP contribution in [0.15, 0.2) is 54.6 Å². The lowest BCUT2D eigenvalue weighted by Crippen LogP contribution is -2.39. The number of hydrogen-bond donors (Lipinski definition) is 2. The molecule has 0 saturated heterocycles. The summed E-state index contributed by atoms with van der Waals surface area (Å²) in [6.07, 6.45) is 0.615. The number of ether oxygens (including phenoxy) is 1. The third-order valence-corrected chi connectivity index (χ3v) is 5.98. The molecule has 5 nitrogen and oxygen atoms in total. The maximum atomic E-state index is 11.9. The second kappa shape index (κ2) is 10.8. The summed E-state index contributed by atoms with van der Waals surface area (Å²) in [6, 6.07) is 18.2. The van der Waals surface area contributed by atoms with Gasteiger partial charge in [-0.2, -0.15) is 0 Å². The molecule has 0 bridgehead atoms. The Morgan fingerprint density at radius 2 is 1.79 bits per heavy atom.